The van der Waals surface area contributed by atoms with Crippen molar-refractivity contribution in [3.8, 4) is 0 Å². The third kappa shape index (κ3) is 8.31. The predicted molar refractivity (Wildman–Crippen MR) is 150 cm³/mol. The molecule has 1 aromatic carbocycles. The highest BCUT2D eigenvalue weighted by atomic mass is 32.2. The number of esters is 1. The first-order valence-electron chi connectivity index (χ1n) is 12.9. The molecule has 1 aliphatic heterocycles. The van der Waals surface area contributed by atoms with Gasteiger partial charge in [0.1, 0.15) is 17.7 Å². The number of nitrogens with one attached hydrogen (secondary N) is 3. The lowest BCUT2D eigenvalue weighted by Gasteiger charge is -2.26. The maximum Gasteiger partial charge on any atom is 0.336 e. The molecular weight excluding hydrogens is 540 g/mol. The molecule has 2 atom stereocenters. The Labute approximate surface area is 235 Å². The van der Waals surface area contributed by atoms with Crippen molar-refractivity contribution in [2.45, 2.75) is 51.1 Å². The van der Waals surface area contributed by atoms with E-state index < -0.39 is 47.3 Å². The van der Waals surface area contributed by atoms with E-state index in [9.17, 15) is 28.8 Å². The quantitative estimate of drug-likeness (QED) is 0.251. The number of amides is 4. The summed E-state index contributed by atoms with van der Waals surface area (Å²) in [7, 11) is 1.22. The molecule has 0 bridgehead atoms. The molecule has 12 nitrogen and oxygen atoms in total. The van der Waals surface area contributed by atoms with E-state index >= 15 is 0 Å². The molecule has 1 fully saturated rings. The van der Waals surface area contributed by atoms with Crippen LogP contribution in [0.4, 0.5) is 5.69 Å². The van der Waals surface area contributed by atoms with Crippen LogP contribution in [0.25, 0.3) is 11.0 Å². The topological polar surface area (TPSA) is 164 Å². The van der Waals surface area contributed by atoms with Gasteiger partial charge in [0.05, 0.1) is 20.1 Å². The molecule has 3 N–H and O–H groups in total. The van der Waals surface area contributed by atoms with Crippen LogP contribution in [-0.4, -0.2) is 78.8 Å². The van der Waals surface area contributed by atoms with Crippen molar-refractivity contribution >= 4 is 58.0 Å². The summed E-state index contributed by atoms with van der Waals surface area (Å²) >= 11 is 1.53. The van der Waals surface area contributed by atoms with Gasteiger partial charge in [0.25, 0.3) is 0 Å². The number of thioether (sulfide) groups is 1. The van der Waals surface area contributed by atoms with Crippen LogP contribution in [0.5, 0.6) is 0 Å². The van der Waals surface area contributed by atoms with E-state index in [1.54, 1.807) is 25.1 Å². The summed E-state index contributed by atoms with van der Waals surface area (Å²) in [6.07, 6.45) is 3.06. The van der Waals surface area contributed by atoms with E-state index in [2.05, 4.69) is 20.7 Å². The van der Waals surface area contributed by atoms with Gasteiger partial charge in [-0.25, -0.2) is 4.79 Å². The minimum Gasteiger partial charge on any atom is -0.469 e. The Kier molecular flexibility index (Phi) is 11.1. The summed E-state index contributed by atoms with van der Waals surface area (Å²) in [5, 5.41) is 8.78. The number of likely N-dealkylation sites (tertiary alicyclic amines) is 1. The third-order valence-corrected chi connectivity index (χ3v) is 7.20. The Hall–Kier alpha value is -3.87. The maximum atomic E-state index is 13.2. The van der Waals surface area contributed by atoms with Gasteiger partial charge in [0, 0.05) is 36.2 Å². The van der Waals surface area contributed by atoms with Crippen LogP contribution < -0.4 is 21.6 Å². The van der Waals surface area contributed by atoms with Crippen LogP contribution in [0.3, 0.4) is 0 Å². The second-order valence-electron chi connectivity index (χ2n) is 9.39. The molecule has 0 unspecified atom stereocenters. The first-order chi connectivity index (χ1) is 19.1. The fourth-order valence-corrected chi connectivity index (χ4v) is 4.90. The lowest BCUT2D eigenvalue weighted by molar-refractivity contribution is -0.142. The summed E-state index contributed by atoms with van der Waals surface area (Å²) in [6.45, 7) is 1.83. The monoisotopic (exact) mass is 574 g/mol. The van der Waals surface area contributed by atoms with Crippen molar-refractivity contribution in [2.24, 2.45) is 0 Å². The van der Waals surface area contributed by atoms with Crippen LogP contribution in [0.1, 0.15) is 37.7 Å². The van der Waals surface area contributed by atoms with Gasteiger partial charge in [0.2, 0.25) is 23.6 Å². The van der Waals surface area contributed by atoms with Gasteiger partial charge >= 0.3 is 11.6 Å². The number of ether oxygens (including phenoxy) is 1. The van der Waals surface area contributed by atoms with Crippen molar-refractivity contribution in [1.82, 2.24) is 15.5 Å². The van der Waals surface area contributed by atoms with Gasteiger partial charge in [0.15, 0.2) is 0 Å². The van der Waals surface area contributed by atoms with E-state index in [1.165, 1.54) is 29.8 Å². The maximum absolute atomic E-state index is 13.2. The number of hydrogen-bond donors (Lipinski definition) is 3. The number of hydrogen-bond acceptors (Lipinski definition) is 9. The first-order valence-corrected chi connectivity index (χ1v) is 14.3. The number of methoxy groups -OCH3 is 1. The molecule has 0 radical (unpaired) electrons. The van der Waals surface area contributed by atoms with Gasteiger partial charge in [-0.05, 0) is 55.9 Å². The zero-order valence-electron chi connectivity index (χ0n) is 22.7. The highest BCUT2D eigenvalue weighted by molar-refractivity contribution is 7.98. The molecule has 0 saturated carbocycles. The number of nitrogens with zero attached hydrogens (tertiary/aromatic N) is 1. The lowest BCUT2D eigenvalue weighted by Crippen LogP contribution is -2.53. The molecule has 3 rings (SSSR count). The van der Waals surface area contributed by atoms with Crippen molar-refractivity contribution in [2.75, 3.05) is 37.5 Å². The third-order valence-electron chi connectivity index (χ3n) is 6.56. The SMILES string of the molecule is COC(=O)CCC(=O)NCC(=O)N1CCC[C@H]1C(=O)N[C@@H](CCSC)C(=O)Nc1ccc2c(C)cc(=O)oc2c1. The van der Waals surface area contributed by atoms with Gasteiger partial charge in [-0.3, -0.25) is 24.0 Å². The fraction of sp³-hybridized carbons (Fsp3) is 0.481. The zero-order chi connectivity index (χ0) is 29.2. The average molecular weight is 575 g/mol. The normalized spacial score (nSPS) is 15.4. The first kappa shape index (κ1) is 30.7. The van der Waals surface area contributed by atoms with Crippen molar-refractivity contribution in [3.05, 3.63) is 40.2 Å². The summed E-state index contributed by atoms with van der Waals surface area (Å²) in [6, 6.07) is 4.75. The molecule has 0 aliphatic carbocycles. The molecule has 1 aliphatic rings. The van der Waals surface area contributed by atoms with Crippen molar-refractivity contribution in [3.63, 3.8) is 0 Å². The highest BCUT2D eigenvalue weighted by Crippen LogP contribution is 2.22. The summed E-state index contributed by atoms with van der Waals surface area (Å²) < 4.78 is 9.75. The molecule has 1 aromatic heterocycles. The van der Waals surface area contributed by atoms with Gasteiger partial charge in [-0.2, -0.15) is 11.8 Å². The second kappa shape index (κ2) is 14.5. The van der Waals surface area contributed by atoms with E-state index in [4.69, 9.17) is 4.42 Å². The molecule has 0 spiro atoms. The predicted octanol–water partition coefficient (Wildman–Crippen LogP) is 1.34. The molecule has 4 amide bonds. The molecule has 2 aromatic rings. The van der Waals surface area contributed by atoms with E-state index in [1.807, 2.05) is 6.26 Å². The molecule has 216 valence electrons. The molecule has 2 heterocycles. The Bertz CT molecular complexity index is 1330. The number of benzene rings is 1. The molecular formula is C27H34N4O8S. The number of carbonyl (C=O) groups is 5. The largest absolute Gasteiger partial charge is 0.469 e. The number of rotatable bonds is 12. The molecule has 1 saturated heterocycles. The lowest BCUT2D eigenvalue weighted by atomic mass is 10.1. The molecule has 40 heavy (non-hydrogen) atoms. The average Bonchev–Trinajstić information content (AvgIpc) is 3.42. The minimum absolute atomic E-state index is 0.0991. The number of aryl methyl sites for hydroxylation is 1. The second-order valence-corrected chi connectivity index (χ2v) is 10.4. The number of carbonyl (C=O) groups excluding carboxylic acids is 5. The van der Waals surface area contributed by atoms with Gasteiger partial charge < -0.3 is 30.0 Å². The Morgan fingerprint density at radius 1 is 1.18 bits per heavy atom. The zero-order valence-corrected chi connectivity index (χ0v) is 23.6. The van der Waals surface area contributed by atoms with Crippen LogP contribution in [0, 0.1) is 6.92 Å². The standard InChI is InChI=1S/C27H34N4O8S/c1-16-13-25(35)39-21-14-17(6-7-18(16)21)29-26(36)19(10-12-40-3)30-27(37)20-5-4-11-31(20)23(33)15-28-22(32)8-9-24(34)38-2/h6-7,13-14,19-20H,4-5,8-12,15H2,1-3H3,(H,28,32)(H,29,36)(H,30,37)/t19-,20-/m0/s1. The summed E-state index contributed by atoms with van der Waals surface area (Å²) in [4.78, 5) is 75.4. The summed E-state index contributed by atoms with van der Waals surface area (Å²) in [5.41, 5.74) is 1.01. The van der Waals surface area contributed by atoms with E-state index in [0.717, 1.165) is 10.9 Å². The van der Waals surface area contributed by atoms with E-state index in [-0.39, 0.29) is 19.4 Å². The van der Waals surface area contributed by atoms with E-state index in [0.29, 0.717) is 42.8 Å². The smallest absolute Gasteiger partial charge is 0.336 e. The minimum atomic E-state index is -0.865. The Balaban J connectivity index is 1.62. The van der Waals surface area contributed by atoms with Crippen molar-refractivity contribution < 1.29 is 33.1 Å². The number of anilines is 1. The highest BCUT2D eigenvalue weighted by Gasteiger charge is 2.35. The van der Waals surface area contributed by atoms with Gasteiger partial charge in [-0.1, -0.05) is 0 Å². The fourth-order valence-electron chi connectivity index (χ4n) is 4.42. The Morgan fingerprint density at radius 3 is 2.67 bits per heavy atom. The Morgan fingerprint density at radius 2 is 1.95 bits per heavy atom. The summed E-state index contributed by atoms with van der Waals surface area (Å²) in [5.74, 6) is -1.72. The van der Waals surface area contributed by atoms with Crippen molar-refractivity contribution in [1.29, 1.82) is 0 Å². The van der Waals surface area contributed by atoms with Gasteiger partial charge in [-0.15, -0.1) is 0 Å². The van der Waals surface area contributed by atoms with Crippen LogP contribution in [-0.2, 0) is 28.7 Å². The van der Waals surface area contributed by atoms with Crippen LogP contribution in [0.2, 0.25) is 0 Å². The molecule has 13 heteroatoms. The number of fused-ring (bicyclic) bond motifs is 1. The van der Waals surface area contributed by atoms with Crippen LogP contribution in [0.15, 0.2) is 33.5 Å². The van der Waals surface area contributed by atoms with Crippen LogP contribution >= 0.6 is 11.8 Å².